The van der Waals surface area contributed by atoms with Crippen LogP contribution in [0.1, 0.15) is 40.8 Å². The van der Waals surface area contributed by atoms with Crippen LogP contribution in [0.25, 0.3) is 0 Å². The number of aliphatic hydroxyl groups excluding tert-OH is 3. The molecule has 1 aromatic rings. The number of fused-ring (bicyclic) bond motifs is 1. The predicted octanol–water partition coefficient (Wildman–Crippen LogP) is 1.13. The van der Waals surface area contributed by atoms with Gasteiger partial charge in [0.15, 0.2) is 0 Å². The highest BCUT2D eigenvalue weighted by Gasteiger charge is 2.44. The highest BCUT2D eigenvalue weighted by Crippen LogP contribution is 2.51. The zero-order valence-corrected chi connectivity index (χ0v) is 11.7. The largest absolute Gasteiger partial charge is 0.507 e. The van der Waals surface area contributed by atoms with Crippen LogP contribution in [0.4, 0.5) is 0 Å². The van der Waals surface area contributed by atoms with Gasteiger partial charge in [0.2, 0.25) is 0 Å². The van der Waals surface area contributed by atoms with Gasteiger partial charge in [0, 0.05) is 17.6 Å². The van der Waals surface area contributed by atoms with Gasteiger partial charge in [-0.05, 0) is 48.9 Å². The lowest BCUT2D eigenvalue weighted by atomic mass is 9.85. The number of rotatable bonds is 3. The molecule has 1 aliphatic carbocycles. The van der Waals surface area contributed by atoms with E-state index in [0.717, 1.165) is 27.8 Å². The normalized spacial score (nSPS) is 25.7. The van der Waals surface area contributed by atoms with E-state index in [1.807, 2.05) is 20.8 Å². The van der Waals surface area contributed by atoms with Crippen molar-refractivity contribution in [2.75, 3.05) is 13.2 Å². The highest BCUT2D eigenvalue weighted by atomic mass is 16.3. The molecule has 0 saturated heterocycles. The first kappa shape index (κ1) is 14.3. The van der Waals surface area contributed by atoms with Crippen molar-refractivity contribution in [3.63, 3.8) is 0 Å². The predicted molar refractivity (Wildman–Crippen MR) is 72.2 cm³/mol. The van der Waals surface area contributed by atoms with E-state index >= 15 is 0 Å². The molecule has 4 nitrogen and oxygen atoms in total. The Morgan fingerprint density at radius 1 is 1.21 bits per heavy atom. The van der Waals surface area contributed by atoms with Gasteiger partial charge in [0.25, 0.3) is 0 Å². The maximum Gasteiger partial charge on any atom is 0.122 e. The molecule has 4 N–H and O–H groups in total. The summed E-state index contributed by atoms with van der Waals surface area (Å²) in [5.74, 6) is 0.195. The molecule has 0 aromatic heterocycles. The molecule has 0 radical (unpaired) electrons. The number of hydrogen-bond donors (Lipinski definition) is 4. The summed E-state index contributed by atoms with van der Waals surface area (Å²) in [6.45, 7) is 5.43. The molecule has 106 valence electrons. The first-order chi connectivity index (χ1) is 8.87. The van der Waals surface area contributed by atoms with E-state index in [1.54, 1.807) is 0 Å². The van der Waals surface area contributed by atoms with Crippen molar-refractivity contribution in [3.8, 4) is 5.75 Å². The third-order valence-corrected chi connectivity index (χ3v) is 4.51. The number of hydrogen-bond acceptors (Lipinski definition) is 4. The molecule has 0 aliphatic heterocycles. The Bertz CT molecular complexity index is 510. The molecule has 0 fully saturated rings. The smallest absolute Gasteiger partial charge is 0.122 e. The SMILES string of the molecule is Cc1c(O)c2c(c(C)c1CCO)C(O)C(C)(CO)C2. The summed E-state index contributed by atoms with van der Waals surface area (Å²) in [5.41, 5.74) is 3.39. The van der Waals surface area contributed by atoms with Gasteiger partial charge in [-0.15, -0.1) is 0 Å². The Morgan fingerprint density at radius 3 is 2.37 bits per heavy atom. The Balaban J connectivity index is 2.66. The van der Waals surface area contributed by atoms with Crippen molar-refractivity contribution < 1.29 is 20.4 Å². The lowest BCUT2D eigenvalue weighted by Gasteiger charge is -2.26. The van der Waals surface area contributed by atoms with E-state index in [4.69, 9.17) is 5.11 Å². The van der Waals surface area contributed by atoms with Crippen LogP contribution in [0.3, 0.4) is 0 Å². The van der Waals surface area contributed by atoms with Crippen LogP contribution < -0.4 is 0 Å². The number of phenols is 1. The third kappa shape index (κ3) is 1.95. The molecule has 1 aliphatic rings. The molecule has 0 amide bonds. The van der Waals surface area contributed by atoms with Crippen LogP contribution in [0.2, 0.25) is 0 Å². The average Bonchev–Trinajstić information content (AvgIpc) is 2.66. The minimum absolute atomic E-state index is 0.00721. The molecule has 0 spiro atoms. The van der Waals surface area contributed by atoms with Crippen LogP contribution in [-0.2, 0) is 12.8 Å². The quantitative estimate of drug-likeness (QED) is 0.661. The molecule has 2 atom stereocenters. The van der Waals surface area contributed by atoms with E-state index in [-0.39, 0.29) is 19.0 Å². The van der Waals surface area contributed by atoms with Gasteiger partial charge in [-0.25, -0.2) is 0 Å². The van der Waals surface area contributed by atoms with Crippen molar-refractivity contribution >= 4 is 0 Å². The minimum Gasteiger partial charge on any atom is -0.507 e. The fraction of sp³-hybridized carbons (Fsp3) is 0.600. The van der Waals surface area contributed by atoms with Crippen molar-refractivity contribution in [2.45, 2.75) is 39.7 Å². The van der Waals surface area contributed by atoms with Gasteiger partial charge < -0.3 is 20.4 Å². The molecule has 2 unspecified atom stereocenters. The zero-order chi connectivity index (χ0) is 14.4. The Labute approximate surface area is 113 Å². The van der Waals surface area contributed by atoms with Gasteiger partial charge in [0.05, 0.1) is 12.7 Å². The summed E-state index contributed by atoms with van der Waals surface area (Å²) in [4.78, 5) is 0. The van der Waals surface area contributed by atoms with Crippen LogP contribution in [0.15, 0.2) is 0 Å². The summed E-state index contributed by atoms with van der Waals surface area (Å²) < 4.78 is 0. The van der Waals surface area contributed by atoms with Gasteiger partial charge in [-0.2, -0.15) is 0 Å². The molecular formula is C15H22O4. The fourth-order valence-corrected chi connectivity index (χ4v) is 3.19. The van der Waals surface area contributed by atoms with Crippen LogP contribution in [0.5, 0.6) is 5.75 Å². The number of benzene rings is 1. The van der Waals surface area contributed by atoms with E-state index < -0.39 is 11.5 Å². The summed E-state index contributed by atoms with van der Waals surface area (Å²) in [6, 6.07) is 0. The third-order valence-electron chi connectivity index (χ3n) is 4.51. The maximum absolute atomic E-state index is 10.5. The maximum atomic E-state index is 10.5. The number of aliphatic hydroxyl groups is 3. The first-order valence-electron chi connectivity index (χ1n) is 6.61. The van der Waals surface area contributed by atoms with E-state index in [1.165, 1.54) is 0 Å². The second-order valence-electron chi connectivity index (χ2n) is 5.83. The van der Waals surface area contributed by atoms with Gasteiger partial charge >= 0.3 is 0 Å². The molecule has 1 aromatic carbocycles. The van der Waals surface area contributed by atoms with Crippen molar-refractivity contribution in [1.82, 2.24) is 0 Å². The van der Waals surface area contributed by atoms with E-state index in [0.29, 0.717) is 12.8 Å². The fourth-order valence-electron chi connectivity index (χ4n) is 3.19. The van der Waals surface area contributed by atoms with Gasteiger partial charge in [-0.1, -0.05) is 6.92 Å². The van der Waals surface area contributed by atoms with Gasteiger partial charge in [0.1, 0.15) is 5.75 Å². The average molecular weight is 266 g/mol. The highest BCUT2D eigenvalue weighted by molar-refractivity contribution is 5.58. The Kier molecular flexibility index (Phi) is 3.60. The van der Waals surface area contributed by atoms with Crippen LogP contribution in [0, 0.1) is 19.3 Å². The lowest BCUT2D eigenvalue weighted by molar-refractivity contribution is 0.00748. The second kappa shape index (κ2) is 4.78. The van der Waals surface area contributed by atoms with Crippen molar-refractivity contribution in [2.24, 2.45) is 5.41 Å². The number of aromatic hydroxyl groups is 1. The summed E-state index contributed by atoms with van der Waals surface area (Å²) in [5, 5.41) is 39.4. The molecule has 0 saturated carbocycles. The summed E-state index contributed by atoms with van der Waals surface area (Å²) in [7, 11) is 0. The minimum atomic E-state index is -0.781. The molecular weight excluding hydrogens is 244 g/mol. The number of phenolic OH excluding ortho intramolecular Hbond substituents is 1. The standard InChI is InChI=1S/C15H22O4/c1-8-10(4-5-16)9(2)13(18)11-6-15(3,7-17)14(19)12(8)11/h14,16-19H,4-7H2,1-3H3. The Hall–Kier alpha value is -1.10. The van der Waals surface area contributed by atoms with Crippen LogP contribution >= 0.6 is 0 Å². The summed E-state index contributed by atoms with van der Waals surface area (Å²) >= 11 is 0. The van der Waals surface area contributed by atoms with Crippen molar-refractivity contribution in [1.29, 1.82) is 0 Å². The lowest BCUT2D eigenvalue weighted by Crippen LogP contribution is -2.26. The topological polar surface area (TPSA) is 80.9 Å². The molecule has 19 heavy (non-hydrogen) atoms. The second-order valence-corrected chi connectivity index (χ2v) is 5.83. The van der Waals surface area contributed by atoms with Crippen molar-refractivity contribution in [3.05, 3.63) is 27.8 Å². The van der Waals surface area contributed by atoms with E-state index in [9.17, 15) is 15.3 Å². The van der Waals surface area contributed by atoms with Crippen LogP contribution in [-0.4, -0.2) is 33.6 Å². The molecule has 2 rings (SSSR count). The monoisotopic (exact) mass is 266 g/mol. The van der Waals surface area contributed by atoms with E-state index in [2.05, 4.69) is 0 Å². The molecule has 0 heterocycles. The zero-order valence-electron chi connectivity index (χ0n) is 11.7. The van der Waals surface area contributed by atoms with Gasteiger partial charge in [-0.3, -0.25) is 0 Å². The molecule has 0 bridgehead atoms. The Morgan fingerprint density at radius 2 is 1.84 bits per heavy atom. The molecule has 4 heteroatoms. The first-order valence-corrected chi connectivity index (χ1v) is 6.61. The summed E-state index contributed by atoms with van der Waals surface area (Å²) in [6.07, 6.45) is 0.144.